The molecule has 3 heterocycles. The van der Waals surface area contributed by atoms with Gasteiger partial charge in [-0.15, -0.1) is 0 Å². The van der Waals surface area contributed by atoms with Gasteiger partial charge in [0.25, 0.3) is 0 Å². The number of amides is 1. The first-order valence-electron chi connectivity index (χ1n) is 16.9. The number of nitrogens with zero attached hydrogens (tertiary/aromatic N) is 5. The largest absolute Gasteiger partial charge is 0.395 e. The number of rotatable bonds is 10. The number of aromatic nitrogens is 3. The quantitative estimate of drug-likeness (QED) is 0.248. The number of hydrogen-bond donors (Lipinski definition) is 2. The minimum Gasteiger partial charge on any atom is -0.395 e. The number of benzene rings is 2. The molecule has 8 heteroatoms. The van der Waals surface area contributed by atoms with Crippen LogP contribution < -0.4 is 10.2 Å². The van der Waals surface area contributed by atoms with Gasteiger partial charge < -0.3 is 15.3 Å². The van der Waals surface area contributed by atoms with E-state index in [2.05, 4.69) is 76.6 Å². The molecule has 4 aromatic rings. The number of fused-ring (bicyclic) bond motifs is 4. The summed E-state index contributed by atoms with van der Waals surface area (Å²) in [4.78, 5) is 22.9. The summed E-state index contributed by atoms with van der Waals surface area (Å²) in [6.07, 6.45) is 9.11. The molecule has 1 aliphatic heterocycles. The SMILES string of the molecule is Cc1nn2c(N3CCN(CCO)CC3)cc(-c3cccc(CCNC(=O)CC45CCC(CC4)CC5)c3)nc2c1-c1ccccc1. The Kier molecular flexibility index (Phi) is 8.60. The van der Waals surface area contributed by atoms with E-state index in [0.717, 1.165) is 78.1 Å². The molecule has 1 amide bonds. The van der Waals surface area contributed by atoms with Crippen LogP contribution in [0.25, 0.3) is 28.0 Å². The van der Waals surface area contributed by atoms with Crippen LogP contribution in [0.3, 0.4) is 0 Å². The van der Waals surface area contributed by atoms with Crippen LogP contribution in [0.15, 0.2) is 60.7 Å². The Morgan fingerprint density at radius 2 is 1.69 bits per heavy atom. The van der Waals surface area contributed by atoms with E-state index in [1.165, 1.54) is 44.1 Å². The van der Waals surface area contributed by atoms with Gasteiger partial charge in [0.15, 0.2) is 5.65 Å². The normalized spacial score (nSPS) is 21.8. The summed E-state index contributed by atoms with van der Waals surface area (Å²) in [5, 5.41) is 17.7. The molecule has 0 spiro atoms. The van der Waals surface area contributed by atoms with E-state index in [0.29, 0.717) is 19.5 Å². The molecular formula is C37H46N6O2. The molecule has 8 rings (SSSR count). The third kappa shape index (κ3) is 6.36. The van der Waals surface area contributed by atoms with Crippen molar-refractivity contribution in [1.29, 1.82) is 0 Å². The number of carbonyl (C=O) groups excluding carboxylic acids is 1. The summed E-state index contributed by atoms with van der Waals surface area (Å²) >= 11 is 0. The Morgan fingerprint density at radius 1 is 0.956 bits per heavy atom. The molecular weight excluding hydrogens is 560 g/mol. The molecule has 0 unspecified atom stereocenters. The zero-order valence-electron chi connectivity index (χ0n) is 26.5. The number of piperazine rings is 1. The number of nitrogens with one attached hydrogen (secondary N) is 1. The molecule has 2 bridgehead atoms. The highest BCUT2D eigenvalue weighted by atomic mass is 16.3. The highest BCUT2D eigenvalue weighted by molar-refractivity contribution is 5.83. The lowest BCUT2D eigenvalue weighted by atomic mass is 9.59. The average molecular weight is 607 g/mol. The van der Waals surface area contributed by atoms with Crippen molar-refractivity contribution in [2.45, 2.75) is 58.3 Å². The zero-order chi connectivity index (χ0) is 30.8. The lowest BCUT2D eigenvalue weighted by Crippen LogP contribution is -2.47. The number of β-amino-alcohol motifs (C(OH)–C–C–N with tert-alkyl or cyclic N) is 1. The summed E-state index contributed by atoms with van der Waals surface area (Å²) in [6, 6.07) is 21.2. The minimum absolute atomic E-state index is 0.184. The first kappa shape index (κ1) is 29.9. The summed E-state index contributed by atoms with van der Waals surface area (Å²) in [7, 11) is 0. The van der Waals surface area contributed by atoms with Crippen molar-refractivity contribution >= 4 is 17.4 Å². The molecule has 3 aliphatic carbocycles. The maximum atomic E-state index is 12.9. The fourth-order valence-electron chi connectivity index (χ4n) is 8.01. The number of aliphatic hydroxyl groups excluding tert-OH is 1. The van der Waals surface area contributed by atoms with E-state index >= 15 is 0 Å². The molecule has 4 fully saturated rings. The number of anilines is 1. The van der Waals surface area contributed by atoms with E-state index in [4.69, 9.17) is 10.1 Å². The maximum absolute atomic E-state index is 12.9. The van der Waals surface area contributed by atoms with Gasteiger partial charge in [-0.1, -0.05) is 48.5 Å². The Labute approximate surface area is 266 Å². The van der Waals surface area contributed by atoms with Gasteiger partial charge >= 0.3 is 0 Å². The lowest BCUT2D eigenvalue weighted by Gasteiger charge is -2.46. The fraction of sp³-hybridized carbons (Fsp3) is 0.486. The molecule has 236 valence electrons. The van der Waals surface area contributed by atoms with Gasteiger partial charge in [-0.3, -0.25) is 9.69 Å². The van der Waals surface area contributed by atoms with Crippen LogP contribution in [0.2, 0.25) is 0 Å². The molecule has 4 aliphatic rings. The fourth-order valence-corrected chi connectivity index (χ4v) is 8.01. The summed E-state index contributed by atoms with van der Waals surface area (Å²) in [5.74, 6) is 2.17. The van der Waals surface area contributed by atoms with Crippen molar-refractivity contribution in [3.8, 4) is 22.4 Å². The first-order chi connectivity index (χ1) is 22.0. The Bertz CT molecular complexity index is 1620. The van der Waals surface area contributed by atoms with Crippen LogP contribution >= 0.6 is 0 Å². The Hall–Kier alpha value is -3.75. The van der Waals surface area contributed by atoms with Crippen molar-refractivity contribution in [2.24, 2.45) is 11.3 Å². The number of hydrogen-bond acceptors (Lipinski definition) is 6. The molecule has 2 aromatic carbocycles. The van der Waals surface area contributed by atoms with Crippen molar-refractivity contribution in [2.75, 3.05) is 50.8 Å². The second-order valence-electron chi connectivity index (χ2n) is 13.6. The molecule has 2 aromatic heterocycles. The van der Waals surface area contributed by atoms with Crippen molar-refractivity contribution in [1.82, 2.24) is 24.8 Å². The molecule has 0 radical (unpaired) electrons. The van der Waals surface area contributed by atoms with Crippen molar-refractivity contribution in [3.05, 3.63) is 71.9 Å². The maximum Gasteiger partial charge on any atom is 0.220 e. The van der Waals surface area contributed by atoms with E-state index in [-0.39, 0.29) is 17.9 Å². The van der Waals surface area contributed by atoms with Crippen LogP contribution in [-0.4, -0.2) is 76.4 Å². The molecule has 3 saturated carbocycles. The van der Waals surface area contributed by atoms with E-state index < -0.39 is 0 Å². The predicted octanol–water partition coefficient (Wildman–Crippen LogP) is 5.51. The molecule has 8 nitrogen and oxygen atoms in total. The van der Waals surface area contributed by atoms with Gasteiger partial charge in [0.1, 0.15) is 5.82 Å². The lowest BCUT2D eigenvalue weighted by molar-refractivity contribution is -0.125. The number of aryl methyl sites for hydroxylation is 1. The zero-order valence-corrected chi connectivity index (χ0v) is 26.5. The smallest absolute Gasteiger partial charge is 0.220 e. The average Bonchev–Trinajstić information content (AvgIpc) is 3.41. The molecule has 1 saturated heterocycles. The van der Waals surface area contributed by atoms with Gasteiger partial charge in [-0.2, -0.15) is 9.61 Å². The first-order valence-corrected chi connectivity index (χ1v) is 16.9. The predicted molar refractivity (Wildman–Crippen MR) is 179 cm³/mol. The minimum atomic E-state index is 0.184. The van der Waals surface area contributed by atoms with Gasteiger partial charge in [0.05, 0.1) is 18.0 Å². The van der Waals surface area contributed by atoms with Crippen LogP contribution in [-0.2, 0) is 11.2 Å². The third-order valence-electron chi connectivity index (χ3n) is 10.7. The standard InChI is InChI=1S/C37H46N6O2/c1-27-35(30-7-3-2-4-8-30)36-39-32(25-34(43(36)40-27)42-20-18-41(19-21-42)22-23-44)31-9-5-6-29(24-31)13-17-38-33(45)26-37-14-10-28(11-15-37)12-16-37/h2-9,24-25,28,44H,10-23,26H2,1H3,(H,38,45). The van der Waals surface area contributed by atoms with Gasteiger partial charge in [-0.25, -0.2) is 4.98 Å². The summed E-state index contributed by atoms with van der Waals surface area (Å²) in [5.41, 5.74) is 7.42. The monoisotopic (exact) mass is 606 g/mol. The van der Waals surface area contributed by atoms with Crippen LogP contribution in [0.5, 0.6) is 0 Å². The molecule has 45 heavy (non-hydrogen) atoms. The molecule has 2 N–H and O–H groups in total. The Balaban J connectivity index is 1.13. The van der Waals surface area contributed by atoms with Crippen LogP contribution in [0, 0.1) is 18.3 Å². The highest BCUT2D eigenvalue weighted by Gasteiger charge is 2.41. The van der Waals surface area contributed by atoms with Crippen molar-refractivity contribution < 1.29 is 9.90 Å². The van der Waals surface area contributed by atoms with Crippen LogP contribution in [0.1, 0.15) is 56.2 Å². The highest BCUT2D eigenvalue weighted by Crippen LogP contribution is 2.52. The summed E-state index contributed by atoms with van der Waals surface area (Å²) < 4.78 is 2.01. The van der Waals surface area contributed by atoms with E-state index in [1.54, 1.807) is 0 Å². The number of aliphatic hydroxyl groups is 1. The van der Waals surface area contributed by atoms with Crippen molar-refractivity contribution in [3.63, 3.8) is 0 Å². The van der Waals surface area contributed by atoms with E-state index in [1.807, 2.05) is 10.6 Å². The summed E-state index contributed by atoms with van der Waals surface area (Å²) in [6.45, 7) is 7.12. The van der Waals surface area contributed by atoms with Crippen LogP contribution in [0.4, 0.5) is 5.82 Å². The number of carbonyl (C=O) groups is 1. The topological polar surface area (TPSA) is 86.0 Å². The Morgan fingerprint density at radius 3 is 2.42 bits per heavy atom. The van der Waals surface area contributed by atoms with Gasteiger partial charge in [-0.05, 0) is 80.4 Å². The second-order valence-corrected chi connectivity index (χ2v) is 13.6. The third-order valence-corrected chi connectivity index (χ3v) is 10.7. The van der Waals surface area contributed by atoms with Gasteiger partial charge in [0.2, 0.25) is 5.91 Å². The van der Waals surface area contributed by atoms with E-state index in [9.17, 15) is 9.90 Å². The van der Waals surface area contributed by atoms with Gasteiger partial charge in [0, 0.05) is 62.9 Å². The molecule has 0 atom stereocenters. The second kappa shape index (κ2) is 12.9.